The quantitative estimate of drug-likeness (QED) is 0.618. The minimum absolute atomic E-state index is 0.403. The second kappa shape index (κ2) is 5.29. The van der Waals surface area contributed by atoms with E-state index in [0.29, 0.717) is 26.5 Å². The van der Waals surface area contributed by atoms with Crippen LogP contribution in [0.2, 0.25) is 0 Å². The van der Waals surface area contributed by atoms with Crippen molar-refractivity contribution in [2.45, 2.75) is 5.33 Å². The van der Waals surface area contributed by atoms with Gasteiger partial charge in [-0.1, -0.05) is 31.9 Å². The maximum Gasteiger partial charge on any atom is 0.338 e. The highest BCUT2D eigenvalue weighted by Crippen LogP contribution is 2.23. The fourth-order valence-corrected chi connectivity index (χ4v) is 2.23. The number of hydrogen-bond donors (Lipinski definition) is 0. The standard InChI is InChI=1S/C10H7Br2NO2/c1-15-10(14)8-3-7(12)2-6(5-13)9(8)4-11/h2-3H,4H2,1H3. The molecule has 0 bridgehead atoms. The normalized spacial score (nSPS) is 9.47. The van der Waals surface area contributed by atoms with Gasteiger partial charge in [-0.15, -0.1) is 0 Å². The third-order valence-electron chi connectivity index (χ3n) is 1.87. The van der Waals surface area contributed by atoms with Crippen LogP contribution >= 0.6 is 31.9 Å². The number of esters is 1. The van der Waals surface area contributed by atoms with E-state index >= 15 is 0 Å². The Bertz CT molecular complexity index is 438. The van der Waals surface area contributed by atoms with Gasteiger partial charge in [-0.2, -0.15) is 5.26 Å². The van der Waals surface area contributed by atoms with Gasteiger partial charge in [0.25, 0.3) is 0 Å². The number of alkyl halides is 1. The zero-order valence-electron chi connectivity index (χ0n) is 7.88. The smallest absolute Gasteiger partial charge is 0.338 e. The summed E-state index contributed by atoms with van der Waals surface area (Å²) in [6.07, 6.45) is 0. The molecule has 0 spiro atoms. The largest absolute Gasteiger partial charge is 0.465 e. The van der Waals surface area contributed by atoms with Crippen molar-refractivity contribution in [2.75, 3.05) is 7.11 Å². The van der Waals surface area contributed by atoms with Crippen molar-refractivity contribution in [2.24, 2.45) is 0 Å². The molecule has 0 radical (unpaired) electrons. The molecule has 78 valence electrons. The lowest BCUT2D eigenvalue weighted by molar-refractivity contribution is 0.0599. The van der Waals surface area contributed by atoms with Gasteiger partial charge < -0.3 is 4.74 Å². The minimum Gasteiger partial charge on any atom is -0.465 e. The number of carbonyl (C=O) groups is 1. The zero-order chi connectivity index (χ0) is 11.4. The molecule has 1 aromatic carbocycles. The molecule has 0 amide bonds. The van der Waals surface area contributed by atoms with E-state index in [1.807, 2.05) is 6.07 Å². The fraction of sp³-hybridized carbons (Fsp3) is 0.200. The van der Waals surface area contributed by atoms with Gasteiger partial charge in [-0.25, -0.2) is 4.79 Å². The van der Waals surface area contributed by atoms with Crippen LogP contribution in [0.5, 0.6) is 0 Å². The molecular weight excluding hydrogens is 326 g/mol. The number of hydrogen-bond acceptors (Lipinski definition) is 3. The summed E-state index contributed by atoms with van der Waals surface area (Å²) in [6.45, 7) is 0. The predicted octanol–water partition coefficient (Wildman–Crippen LogP) is 3.00. The number of nitrogens with zero attached hydrogens (tertiary/aromatic N) is 1. The summed E-state index contributed by atoms with van der Waals surface area (Å²) in [6, 6.07) is 5.35. The van der Waals surface area contributed by atoms with Crippen LogP contribution in [0.3, 0.4) is 0 Å². The van der Waals surface area contributed by atoms with E-state index in [9.17, 15) is 4.79 Å². The number of benzene rings is 1. The second-order valence-corrected chi connectivity index (χ2v) is 4.19. The molecule has 5 heteroatoms. The first-order valence-electron chi connectivity index (χ1n) is 4.00. The van der Waals surface area contributed by atoms with Crippen molar-refractivity contribution in [1.82, 2.24) is 0 Å². The Hall–Kier alpha value is -0.860. The van der Waals surface area contributed by atoms with Gasteiger partial charge in [-0.05, 0) is 17.7 Å². The average molecular weight is 333 g/mol. The number of carbonyl (C=O) groups excluding carboxylic acids is 1. The molecule has 0 fully saturated rings. The number of ether oxygens (including phenoxy) is 1. The van der Waals surface area contributed by atoms with Crippen LogP contribution in [-0.4, -0.2) is 13.1 Å². The fourth-order valence-electron chi connectivity index (χ4n) is 1.17. The molecule has 0 aliphatic heterocycles. The van der Waals surface area contributed by atoms with Gasteiger partial charge in [-0.3, -0.25) is 0 Å². The van der Waals surface area contributed by atoms with Crippen molar-refractivity contribution in [1.29, 1.82) is 5.26 Å². The number of halogens is 2. The monoisotopic (exact) mass is 331 g/mol. The third kappa shape index (κ3) is 2.58. The number of methoxy groups -OCH3 is 1. The summed E-state index contributed by atoms with van der Waals surface area (Å²) in [5, 5.41) is 9.35. The molecule has 0 heterocycles. The van der Waals surface area contributed by atoms with E-state index in [0.717, 1.165) is 0 Å². The summed E-state index contributed by atoms with van der Waals surface area (Å²) in [4.78, 5) is 11.4. The highest BCUT2D eigenvalue weighted by atomic mass is 79.9. The second-order valence-electron chi connectivity index (χ2n) is 2.72. The summed E-state index contributed by atoms with van der Waals surface area (Å²) >= 11 is 6.49. The molecule has 0 aliphatic carbocycles. The molecule has 0 aromatic heterocycles. The van der Waals surface area contributed by atoms with Crippen LogP contribution in [0.15, 0.2) is 16.6 Å². The van der Waals surface area contributed by atoms with Crippen LogP contribution in [0.25, 0.3) is 0 Å². The zero-order valence-corrected chi connectivity index (χ0v) is 11.1. The van der Waals surface area contributed by atoms with Crippen molar-refractivity contribution in [3.63, 3.8) is 0 Å². The van der Waals surface area contributed by atoms with Gasteiger partial charge >= 0.3 is 5.97 Å². The van der Waals surface area contributed by atoms with Gasteiger partial charge in [0.2, 0.25) is 0 Å². The van der Waals surface area contributed by atoms with Crippen LogP contribution < -0.4 is 0 Å². The number of nitriles is 1. The summed E-state index contributed by atoms with van der Waals surface area (Å²) in [7, 11) is 1.31. The Kier molecular flexibility index (Phi) is 4.30. The SMILES string of the molecule is COC(=O)c1cc(Br)cc(C#N)c1CBr. The van der Waals surface area contributed by atoms with Gasteiger partial charge in [0.05, 0.1) is 24.3 Å². The topological polar surface area (TPSA) is 50.1 Å². The minimum atomic E-state index is -0.442. The molecule has 3 nitrogen and oxygen atoms in total. The van der Waals surface area contributed by atoms with Crippen LogP contribution in [0, 0.1) is 11.3 Å². The lowest BCUT2D eigenvalue weighted by Gasteiger charge is -2.07. The first-order chi connectivity index (χ1) is 7.13. The van der Waals surface area contributed by atoms with Gasteiger partial charge in [0.1, 0.15) is 0 Å². The summed E-state index contributed by atoms with van der Waals surface area (Å²) in [5.41, 5.74) is 1.51. The van der Waals surface area contributed by atoms with E-state index < -0.39 is 5.97 Å². The molecule has 0 saturated carbocycles. The van der Waals surface area contributed by atoms with Gasteiger partial charge in [0, 0.05) is 9.80 Å². The van der Waals surface area contributed by atoms with E-state index in [1.54, 1.807) is 12.1 Å². The molecular formula is C10H7Br2NO2. The van der Waals surface area contributed by atoms with Crippen LogP contribution in [-0.2, 0) is 10.1 Å². The highest BCUT2D eigenvalue weighted by Gasteiger charge is 2.15. The maximum absolute atomic E-state index is 11.4. The first-order valence-corrected chi connectivity index (χ1v) is 5.92. The lowest BCUT2D eigenvalue weighted by Crippen LogP contribution is -2.06. The van der Waals surface area contributed by atoms with Crippen LogP contribution in [0.1, 0.15) is 21.5 Å². The molecule has 0 atom stereocenters. The van der Waals surface area contributed by atoms with E-state index in [4.69, 9.17) is 5.26 Å². The highest BCUT2D eigenvalue weighted by molar-refractivity contribution is 9.10. The summed E-state index contributed by atoms with van der Waals surface area (Å²) in [5.74, 6) is -0.442. The first kappa shape index (κ1) is 12.2. The van der Waals surface area contributed by atoms with E-state index in [1.165, 1.54) is 7.11 Å². The molecule has 0 unspecified atom stereocenters. The van der Waals surface area contributed by atoms with Crippen LogP contribution in [0.4, 0.5) is 0 Å². The third-order valence-corrected chi connectivity index (χ3v) is 2.89. The van der Waals surface area contributed by atoms with Crippen molar-refractivity contribution >= 4 is 37.8 Å². The van der Waals surface area contributed by atoms with Crippen molar-refractivity contribution in [3.05, 3.63) is 33.3 Å². The Morgan fingerprint density at radius 1 is 1.60 bits per heavy atom. The predicted molar refractivity (Wildman–Crippen MR) is 62.8 cm³/mol. The Labute approximate surface area is 104 Å². The van der Waals surface area contributed by atoms with Crippen molar-refractivity contribution < 1.29 is 9.53 Å². The lowest BCUT2D eigenvalue weighted by atomic mass is 10.0. The Morgan fingerprint density at radius 3 is 2.73 bits per heavy atom. The Morgan fingerprint density at radius 2 is 2.27 bits per heavy atom. The molecule has 0 aliphatic rings. The van der Waals surface area contributed by atoms with Gasteiger partial charge in [0.15, 0.2) is 0 Å². The molecule has 1 rings (SSSR count). The average Bonchev–Trinajstić information content (AvgIpc) is 2.26. The molecule has 1 aromatic rings. The van der Waals surface area contributed by atoms with E-state index in [-0.39, 0.29) is 0 Å². The molecule has 0 saturated heterocycles. The number of rotatable bonds is 2. The molecule has 0 N–H and O–H groups in total. The summed E-state index contributed by atoms with van der Waals surface area (Å²) < 4.78 is 5.33. The van der Waals surface area contributed by atoms with Crippen molar-refractivity contribution in [3.8, 4) is 6.07 Å². The molecule has 15 heavy (non-hydrogen) atoms. The Balaban J connectivity index is 3.43. The maximum atomic E-state index is 11.4. The van der Waals surface area contributed by atoms with E-state index in [2.05, 4.69) is 36.6 Å².